The van der Waals surface area contributed by atoms with E-state index in [1.54, 1.807) is 0 Å². The molecular formula is C3H8NO2Rb. The molecule has 0 fully saturated rings. The molecule has 0 bridgehead atoms. The fraction of sp³-hybridized carbons (Fsp3) is 0.667. The molecule has 1 atom stereocenters. The Labute approximate surface area is 91.1 Å². The summed E-state index contributed by atoms with van der Waals surface area (Å²) in [5.74, 6) is -0.963. The molecule has 3 N–H and O–H groups in total. The van der Waals surface area contributed by atoms with E-state index in [-0.39, 0.29) is 58.2 Å². The molecular weight excluding hydrogens is 168 g/mol. The standard InChI is InChI=1S/C3H7NO2.Rb.H/c1-2(4)3(5)6;;/h2H,4H2,1H3,(H,5,6);;/t2-;;/m0../s1. The molecule has 0 aromatic carbocycles. The van der Waals surface area contributed by atoms with Crippen molar-refractivity contribution in [3.8, 4) is 0 Å². The average molecular weight is 176 g/mol. The molecule has 7 heavy (non-hydrogen) atoms. The van der Waals surface area contributed by atoms with E-state index >= 15 is 0 Å². The molecule has 0 aliphatic rings. The van der Waals surface area contributed by atoms with Crippen LogP contribution in [0.25, 0.3) is 0 Å². The van der Waals surface area contributed by atoms with E-state index in [9.17, 15) is 4.79 Å². The Balaban J connectivity index is 0. The Morgan fingerprint density at radius 3 is 2.00 bits per heavy atom. The van der Waals surface area contributed by atoms with Crippen molar-refractivity contribution >= 4 is 64.2 Å². The molecule has 38 valence electrons. The summed E-state index contributed by atoms with van der Waals surface area (Å²) in [7, 11) is 0. The Hall–Kier alpha value is 1.24. The van der Waals surface area contributed by atoms with E-state index < -0.39 is 12.0 Å². The number of rotatable bonds is 1. The third-order valence-corrected chi connectivity index (χ3v) is 0.390. The van der Waals surface area contributed by atoms with Gasteiger partial charge in [-0.1, -0.05) is 0 Å². The van der Waals surface area contributed by atoms with Crippen LogP contribution >= 0.6 is 0 Å². The molecule has 0 amide bonds. The van der Waals surface area contributed by atoms with Gasteiger partial charge in [0.2, 0.25) is 0 Å². The van der Waals surface area contributed by atoms with Gasteiger partial charge in [-0.25, -0.2) is 0 Å². The molecule has 0 aromatic rings. The molecule has 0 spiro atoms. The maximum absolute atomic E-state index is 9.57. The van der Waals surface area contributed by atoms with Crippen LogP contribution in [0.15, 0.2) is 0 Å². The van der Waals surface area contributed by atoms with Crippen LogP contribution in [0.1, 0.15) is 6.92 Å². The predicted molar refractivity (Wildman–Crippen MR) is 28.4 cm³/mol. The number of aliphatic carboxylic acids is 1. The first-order chi connectivity index (χ1) is 2.64. The first-order valence-electron chi connectivity index (χ1n) is 1.63. The first-order valence-corrected chi connectivity index (χ1v) is 1.63. The van der Waals surface area contributed by atoms with Gasteiger partial charge in [-0.15, -0.1) is 0 Å². The van der Waals surface area contributed by atoms with E-state index in [1.165, 1.54) is 6.92 Å². The summed E-state index contributed by atoms with van der Waals surface area (Å²) in [5, 5.41) is 7.87. The monoisotopic (exact) mass is 175 g/mol. The summed E-state index contributed by atoms with van der Waals surface area (Å²) >= 11 is 0. The fourth-order valence-corrected chi connectivity index (χ4v) is 0. The van der Waals surface area contributed by atoms with Crippen molar-refractivity contribution in [2.45, 2.75) is 13.0 Å². The van der Waals surface area contributed by atoms with E-state index in [2.05, 4.69) is 0 Å². The number of carboxylic acid groups (broad SMARTS) is 1. The predicted octanol–water partition coefficient (Wildman–Crippen LogP) is -1.23. The molecule has 0 heterocycles. The maximum atomic E-state index is 9.57. The van der Waals surface area contributed by atoms with Gasteiger partial charge in [-0.05, 0) is 6.92 Å². The molecule has 4 heteroatoms. The van der Waals surface area contributed by atoms with Gasteiger partial charge < -0.3 is 10.8 Å². The molecule has 3 nitrogen and oxygen atoms in total. The van der Waals surface area contributed by atoms with Crippen LogP contribution < -0.4 is 5.73 Å². The molecule has 0 unspecified atom stereocenters. The second kappa shape index (κ2) is 5.37. The van der Waals surface area contributed by atoms with Crippen LogP contribution in [0, 0.1) is 0 Å². The zero-order valence-electron chi connectivity index (χ0n) is 3.51. The molecule has 0 rings (SSSR count). The van der Waals surface area contributed by atoms with Crippen LogP contribution in [0.4, 0.5) is 0 Å². The Morgan fingerprint density at radius 1 is 1.86 bits per heavy atom. The van der Waals surface area contributed by atoms with Crippen LogP contribution in [-0.4, -0.2) is 75.3 Å². The van der Waals surface area contributed by atoms with E-state index in [1.807, 2.05) is 0 Å². The number of nitrogens with two attached hydrogens (primary N) is 1. The molecule has 0 aliphatic carbocycles. The number of carboxylic acids is 1. The fourth-order valence-electron chi connectivity index (χ4n) is 0. The van der Waals surface area contributed by atoms with Crippen molar-refractivity contribution in [3.05, 3.63) is 0 Å². The topological polar surface area (TPSA) is 63.3 Å². The van der Waals surface area contributed by atoms with Crippen molar-refractivity contribution in [1.82, 2.24) is 0 Å². The SMILES string of the molecule is C[C@H](N)C(=O)O.[RbH]. The summed E-state index contributed by atoms with van der Waals surface area (Å²) in [6, 6.07) is -0.731. The van der Waals surface area contributed by atoms with Gasteiger partial charge >= 0.3 is 64.2 Å². The summed E-state index contributed by atoms with van der Waals surface area (Å²) in [6.07, 6.45) is 0. The van der Waals surface area contributed by atoms with Crippen LogP contribution in [0.3, 0.4) is 0 Å². The zero-order chi connectivity index (χ0) is 5.15. The van der Waals surface area contributed by atoms with Crippen molar-refractivity contribution in [2.75, 3.05) is 0 Å². The van der Waals surface area contributed by atoms with E-state index in [0.717, 1.165) is 0 Å². The van der Waals surface area contributed by atoms with Gasteiger partial charge in [-0.2, -0.15) is 0 Å². The molecule has 0 radical (unpaired) electrons. The molecule has 0 saturated carbocycles. The van der Waals surface area contributed by atoms with Crippen LogP contribution in [0.2, 0.25) is 0 Å². The van der Waals surface area contributed by atoms with Gasteiger partial charge in [0.15, 0.2) is 0 Å². The van der Waals surface area contributed by atoms with Crippen molar-refractivity contribution in [3.63, 3.8) is 0 Å². The molecule has 0 aliphatic heterocycles. The second-order valence-corrected chi connectivity index (χ2v) is 1.13. The minimum absolute atomic E-state index is 0. The Bertz CT molecular complexity index is 64.0. The summed E-state index contributed by atoms with van der Waals surface area (Å²) < 4.78 is 0. The van der Waals surface area contributed by atoms with Gasteiger partial charge in [0.05, 0.1) is 0 Å². The Kier molecular flexibility index (Phi) is 8.51. The summed E-state index contributed by atoms with van der Waals surface area (Å²) in [5.41, 5.74) is 4.84. The molecule has 0 saturated heterocycles. The van der Waals surface area contributed by atoms with Crippen molar-refractivity contribution in [2.24, 2.45) is 5.73 Å². The van der Waals surface area contributed by atoms with E-state index in [4.69, 9.17) is 10.8 Å². The van der Waals surface area contributed by atoms with Gasteiger partial charge in [0.1, 0.15) is 6.04 Å². The zero-order valence-corrected chi connectivity index (χ0v) is 3.51. The number of hydrogen-bond acceptors (Lipinski definition) is 2. The second-order valence-electron chi connectivity index (χ2n) is 1.13. The van der Waals surface area contributed by atoms with E-state index in [0.29, 0.717) is 0 Å². The van der Waals surface area contributed by atoms with Crippen molar-refractivity contribution < 1.29 is 9.90 Å². The average Bonchev–Trinajstić information content (AvgIpc) is 1.36. The van der Waals surface area contributed by atoms with Crippen LogP contribution in [0.5, 0.6) is 0 Å². The number of hydrogen-bond donors (Lipinski definition) is 2. The normalized spacial score (nSPS) is 11.7. The van der Waals surface area contributed by atoms with Gasteiger partial charge in [0, 0.05) is 0 Å². The van der Waals surface area contributed by atoms with Gasteiger partial charge in [-0.3, -0.25) is 4.79 Å². The molecule has 0 aromatic heterocycles. The summed E-state index contributed by atoms with van der Waals surface area (Å²) in [4.78, 5) is 9.57. The minimum atomic E-state index is -0.963. The first kappa shape index (κ1) is 11.1. The third kappa shape index (κ3) is 7.24. The number of carbonyl (C=O) groups is 1. The Morgan fingerprint density at radius 2 is 2.00 bits per heavy atom. The van der Waals surface area contributed by atoms with Crippen molar-refractivity contribution in [1.29, 1.82) is 0 Å². The quantitative estimate of drug-likeness (QED) is 0.525. The summed E-state index contributed by atoms with van der Waals surface area (Å²) in [6.45, 7) is 1.42. The van der Waals surface area contributed by atoms with Gasteiger partial charge in [0.25, 0.3) is 0 Å². The van der Waals surface area contributed by atoms with Crippen LogP contribution in [-0.2, 0) is 4.79 Å². The third-order valence-electron chi connectivity index (χ3n) is 0.390.